The average molecular weight is 271 g/mol. The van der Waals surface area contributed by atoms with Crippen LogP contribution in [0.1, 0.15) is 19.3 Å². The Morgan fingerprint density at radius 3 is 2.35 bits per heavy atom. The molecule has 1 N–H and O–H groups in total. The van der Waals surface area contributed by atoms with Crippen molar-refractivity contribution in [3.8, 4) is 0 Å². The van der Waals surface area contributed by atoms with Crippen LogP contribution in [-0.2, 0) is 0 Å². The van der Waals surface area contributed by atoms with E-state index in [1.165, 1.54) is 19.3 Å². The topological polar surface area (TPSA) is 15.3 Å². The fourth-order valence-corrected chi connectivity index (χ4v) is 2.95. The summed E-state index contributed by atoms with van der Waals surface area (Å²) in [7, 11) is 0. The van der Waals surface area contributed by atoms with E-state index in [4.69, 9.17) is 23.2 Å². The molecule has 1 saturated carbocycles. The number of benzene rings is 1. The third kappa shape index (κ3) is 2.87. The molecule has 17 heavy (non-hydrogen) atoms. The minimum absolute atomic E-state index is 0.625. The molecule has 0 amide bonds. The summed E-state index contributed by atoms with van der Waals surface area (Å²) in [4.78, 5) is 2.36. The second-order valence-electron chi connectivity index (χ2n) is 5.00. The van der Waals surface area contributed by atoms with Crippen LogP contribution in [0.2, 0.25) is 10.0 Å². The van der Waals surface area contributed by atoms with Gasteiger partial charge in [-0.05, 0) is 37.5 Å². The molecule has 4 heteroatoms. The van der Waals surface area contributed by atoms with E-state index in [0.29, 0.717) is 16.1 Å². The molecule has 1 aromatic rings. The van der Waals surface area contributed by atoms with Crippen LogP contribution in [0.3, 0.4) is 0 Å². The fourth-order valence-electron chi connectivity index (χ4n) is 2.44. The zero-order valence-corrected chi connectivity index (χ0v) is 11.1. The van der Waals surface area contributed by atoms with E-state index < -0.39 is 0 Å². The number of nitrogens with one attached hydrogen (secondary N) is 1. The van der Waals surface area contributed by atoms with Crippen molar-refractivity contribution < 1.29 is 0 Å². The molecule has 2 nitrogen and oxygen atoms in total. The van der Waals surface area contributed by atoms with Crippen molar-refractivity contribution in [1.82, 2.24) is 5.32 Å². The number of halogens is 2. The Balaban J connectivity index is 1.67. The molecular weight excluding hydrogens is 255 g/mol. The van der Waals surface area contributed by atoms with E-state index in [2.05, 4.69) is 10.2 Å². The van der Waals surface area contributed by atoms with Gasteiger partial charge >= 0.3 is 0 Å². The Kier molecular flexibility index (Phi) is 3.20. The lowest BCUT2D eigenvalue weighted by Gasteiger charge is -2.19. The van der Waals surface area contributed by atoms with E-state index in [1.54, 1.807) is 6.07 Å². The Labute approximate surface area is 112 Å². The summed E-state index contributed by atoms with van der Waals surface area (Å²) in [5.41, 5.74) is 1.14. The predicted octanol–water partition coefficient (Wildman–Crippen LogP) is 3.32. The second kappa shape index (κ2) is 4.68. The van der Waals surface area contributed by atoms with Gasteiger partial charge in [0.05, 0.1) is 0 Å². The standard InChI is InChI=1S/C13H16Cl2N2/c14-9-5-10(15)7-13(6-9)17-4-3-12(8-17)16-11-1-2-11/h5-7,11-12,16H,1-4,8H2. The van der Waals surface area contributed by atoms with Crippen molar-refractivity contribution in [2.75, 3.05) is 18.0 Å². The molecule has 2 aliphatic rings. The maximum Gasteiger partial charge on any atom is 0.0441 e. The highest BCUT2D eigenvalue weighted by molar-refractivity contribution is 6.35. The molecule has 1 aliphatic heterocycles. The molecule has 2 fully saturated rings. The number of anilines is 1. The van der Waals surface area contributed by atoms with Crippen LogP contribution in [0.25, 0.3) is 0 Å². The largest absolute Gasteiger partial charge is 0.370 e. The van der Waals surface area contributed by atoms with Crippen LogP contribution in [0, 0.1) is 0 Å². The maximum atomic E-state index is 6.03. The van der Waals surface area contributed by atoms with Crippen LogP contribution in [0.15, 0.2) is 18.2 Å². The minimum Gasteiger partial charge on any atom is -0.370 e. The lowest BCUT2D eigenvalue weighted by Crippen LogP contribution is -2.33. The Bertz CT molecular complexity index is 398. The van der Waals surface area contributed by atoms with Gasteiger partial charge in [0.1, 0.15) is 0 Å². The first-order valence-corrected chi connectivity index (χ1v) is 6.93. The predicted molar refractivity (Wildman–Crippen MR) is 73.2 cm³/mol. The molecule has 1 unspecified atom stereocenters. The van der Waals surface area contributed by atoms with Crippen LogP contribution >= 0.6 is 23.2 Å². The lowest BCUT2D eigenvalue weighted by atomic mass is 10.2. The van der Waals surface area contributed by atoms with Gasteiger partial charge in [0.2, 0.25) is 0 Å². The summed E-state index contributed by atoms with van der Waals surface area (Å²) in [5, 5.41) is 5.10. The molecule has 0 aromatic heterocycles. The van der Waals surface area contributed by atoms with Gasteiger partial charge in [-0.1, -0.05) is 23.2 Å². The first kappa shape index (κ1) is 11.6. The number of nitrogens with zero attached hydrogens (tertiary/aromatic N) is 1. The average Bonchev–Trinajstić information content (AvgIpc) is 2.93. The monoisotopic (exact) mass is 270 g/mol. The van der Waals surface area contributed by atoms with Crippen molar-refractivity contribution in [3.05, 3.63) is 28.2 Å². The van der Waals surface area contributed by atoms with Gasteiger partial charge in [-0.2, -0.15) is 0 Å². The van der Waals surface area contributed by atoms with Gasteiger partial charge in [-0.25, -0.2) is 0 Å². The molecular formula is C13H16Cl2N2. The van der Waals surface area contributed by atoms with Crippen LogP contribution in [0.5, 0.6) is 0 Å². The molecule has 0 radical (unpaired) electrons. The van der Waals surface area contributed by atoms with Crippen LogP contribution in [0.4, 0.5) is 5.69 Å². The Hall–Kier alpha value is -0.440. The number of hydrogen-bond donors (Lipinski definition) is 1. The summed E-state index contributed by atoms with van der Waals surface area (Å²) in [6, 6.07) is 7.17. The van der Waals surface area contributed by atoms with Gasteiger partial charge in [-0.15, -0.1) is 0 Å². The van der Waals surface area contributed by atoms with Crippen molar-refractivity contribution in [2.45, 2.75) is 31.3 Å². The van der Waals surface area contributed by atoms with Gasteiger partial charge in [0.25, 0.3) is 0 Å². The number of rotatable bonds is 3. The molecule has 0 spiro atoms. The fraction of sp³-hybridized carbons (Fsp3) is 0.538. The van der Waals surface area contributed by atoms with E-state index >= 15 is 0 Å². The highest BCUT2D eigenvalue weighted by Crippen LogP contribution is 2.29. The highest BCUT2D eigenvalue weighted by atomic mass is 35.5. The lowest BCUT2D eigenvalue weighted by molar-refractivity contribution is 0.548. The molecule has 3 rings (SSSR count). The van der Waals surface area contributed by atoms with E-state index in [9.17, 15) is 0 Å². The molecule has 0 bridgehead atoms. The summed E-state index contributed by atoms with van der Waals surface area (Å²) >= 11 is 12.1. The minimum atomic E-state index is 0.625. The van der Waals surface area contributed by atoms with Crippen LogP contribution in [-0.4, -0.2) is 25.2 Å². The molecule has 92 valence electrons. The quantitative estimate of drug-likeness (QED) is 0.907. The van der Waals surface area contributed by atoms with Crippen LogP contribution < -0.4 is 10.2 Å². The third-order valence-corrected chi connectivity index (χ3v) is 3.89. The van der Waals surface area contributed by atoms with Gasteiger partial charge in [-0.3, -0.25) is 0 Å². The van der Waals surface area contributed by atoms with Crippen molar-refractivity contribution >= 4 is 28.9 Å². The molecule has 1 atom stereocenters. The first-order chi connectivity index (χ1) is 8.20. The summed E-state index contributed by atoms with van der Waals surface area (Å²) in [6.07, 6.45) is 3.90. The van der Waals surface area contributed by atoms with Crippen molar-refractivity contribution in [2.24, 2.45) is 0 Å². The van der Waals surface area contributed by atoms with Gasteiger partial charge < -0.3 is 10.2 Å². The molecule has 1 aromatic carbocycles. The number of hydrogen-bond acceptors (Lipinski definition) is 2. The second-order valence-corrected chi connectivity index (χ2v) is 5.87. The SMILES string of the molecule is Clc1cc(Cl)cc(N2CCC(NC3CC3)C2)c1. The maximum absolute atomic E-state index is 6.03. The van der Waals surface area contributed by atoms with E-state index in [1.807, 2.05) is 12.1 Å². The summed E-state index contributed by atoms with van der Waals surface area (Å²) in [6.45, 7) is 2.15. The smallest absolute Gasteiger partial charge is 0.0441 e. The summed E-state index contributed by atoms with van der Waals surface area (Å²) in [5.74, 6) is 0. The van der Waals surface area contributed by atoms with Gasteiger partial charge in [0.15, 0.2) is 0 Å². The third-order valence-electron chi connectivity index (χ3n) is 3.45. The van der Waals surface area contributed by atoms with Gasteiger partial charge in [0, 0.05) is 40.9 Å². The van der Waals surface area contributed by atoms with Crippen molar-refractivity contribution in [3.63, 3.8) is 0 Å². The first-order valence-electron chi connectivity index (χ1n) is 6.18. The zero-order chi connectivity index (χ0) is 11.8. The van der Waals surface area contributed by atoms with E-state index in [-0.39, 0.29) is 0 Å². The molecule has 1 aliphatic carbocycles. The highest BCUT2D eigenvalue weighted by Gasteiger charge is 2.29. The molecule has 1 saturated heterocycles. The Morgan fingerprint density at radius 2 is 1.71 bits per heavy atom. The Morgan fingerprint density at radius 1 is 1.00 bits per heavy atom. The summed E-state index contributed by atoms with van der Waals surface area (Å²) < 4.78 is 0. The van der Waals surface area contributed by atoms with Crippen molar-refractivity contribution in [1.29, 1.82) is 0 Å². The van der Waals surface area contributed by atoms with E-state index in [0.717, 1.165) is 24.8 Å². The zero-order valence-electron chi connectivity index (χ0n) is 9.63. The normalized spacial score (nSPS) is 24.4. The molecule has 1 heterocycles.